The monoisotopic (exact) mass is 177 g/mol. The fourth-order valence-electron chi connectivity index (χ4n) is 1.66. The standard InChI is InChI=1S/C10H15N3/c1-8-4-9(6-12-5-8)10-7-11-2-3-13-10/h4-6,10-11,13H,2-3,7H2,1H3/t10-/m0/s1. The molecule has 70 valence electrons. The Morgan fingerprint density at radius 1 is 1.38 bits per heavy atom. The summed E-state index contributed by atoms with van der Waals surface area (Å²) in [6, 6.07) is 2.62. The van der Waals surface area contributed by atoms with Crippen LogP contribution in [0.4, 0.5) is 0 Å². The fraction of sp³-hybridized carbons (Fsp3) is 0.500. The average Bonchev–Trinajstić information content (AvgIpc) is 2.19. The molecule has 0 saturated carbocycles. The second kappa shape index (κ2) is 3.85. The molecule has 1 saturated heterocycles. The van der Waals surface area contributed by atoms with Crippen molar-refractivity contribution in [2.75, 3.05) is 19.6 Å². The molecule has 3 nitrogen and oxygen atoms in total. The lowest BCUT2D eigenvalue weighted by atomic mass is 10.1. The zero-order valence-electron chi connectivity index (χ0n) is 7.88. The summed E-state index contributed by atoms with van der Waals surface area (Å²) >= 11 is 0. The number of rotatable bonds is 1. The first-order valence-electron chi connectivity index (χ1n) is 4.72. The maximum absolute atomic E-state index is 4.19. The topological polar surface area (TPSA) is 37.0 Å². The molecule has 0 aromatic carbocycles. The molecule has 1 aromatic rings. The van der Waals surface area contributed by atoms with Crippen LogP contribution in [0.1, 0.15) is 17.2 Å². The Labute approximate surface area is 78.6 Å². The van der Waals surface area contributed by atoms with Crippen LogP contribution in [0.25, 0.3) is 0 Å². The van der Waals surface area contributed by atoms with Crippen LogP contribution in [0.5, 0.6) is 0 Å². The van der Waals surface area contributed by atoms with E-state index in [2.05, 4.69) is 28.6 Å². The van der Waals surface area contributed by atoms with Gasteiger partial charge in [-0.2, -0.15) is 0 Å². The van der Waals surface area contributed by atoms with Crippen LogP contribution >= 0.6 is 0 Å². The third-order valence-electron chi connectivity index (χ3n) is 2.34. The van der Waals surface area contributed by atoms with Gasteiger partial charge in [0.05, 0.1) is 0 Å². The van der Waals surface area contributed by atoms with Crippen molar-refractivity contribution in [2.24, 2.45) is 0 Å². The van der Waals surface area contributed by atoms with Crippen molar-refractivity contribution in [3.05, 3.63) is 29.6 Å². The molecule has 1 aromatic heterocycles. The number of hydrogen-bond donors (Lipinski definition) is 2. The normalized spacial score (nSPS) is 23.0. The Balaban J connectivity index is 2.14. The molecular formula is C10H15N3. The van der Waals surface area contributed by atoms with Crippen LogP contribution in [0.15, 0.2) is 18.5 Å². The third-order valence-corrected chi connectivity index (χ3v) is 2.34. The Morgan fingerprint density at radius 3 is 3.00 bits per heavy atom. The van der Waals surface area contributed by atoms with Crippen molar-refractivity contribution in [1.82, 2.24) is 15.6 Å². The number of piperazine rings is 1. The van der Waals surface area contributed by atoms with E-state index in [4.69, 9.17) is 0 Å². The van der Waals surface area contributed by atoms with E-state index in [-0.39, 0.29) is 0 Å². The summed E-state index contributed by atoms with van der Waals surface area (Å²) in [5, 5.41) is 6.82. The van der Waals surface area contributed by atoms with Crippen LogP contribution in [0.3, 0.4) is 0 Å². The summed E-state index contributed by atoms with van der Waals surface area (Å²) < 4.78 is 0. The number of nitrogens with zero attached hydrogens (tertiary/aromatic N) is 1. The van der Waals surface area contributed by atoms with Crippen LogP contribution in [-0.2, 0) is 0 Å². The smallest absolute Gasteiger partial charge is 0.0462 e. The maximum atomic E-state index is 4.19. The molecule has 2 N–H and O–H groups in total. The van der Waals surface area contributed by atoms with E-state index >= 15 is 0 Å². The van der Waals surface area contributed by atoms with E-state index < -0.39 is 0 Å². The van der Waals surface area contributed by atoms with E-state index in [1.54, 1.807) is 0 Å². The molecular weight excluding hydrogens is 162 g/mol. The minimum Gasteiger partial charge on any atom is -0.314 e. The van der Waals surface area contributed by atoms with Crippen molar-refractivity contribution in [3.8, 4) is 0 Å². The summed E-state index contributed by atoms with van der Waals surface area (Å²) in [4.78, 5) is 4.19. The highest BCUT2D eigenvalue weighted by molar-refractivity contribution is 5.20. The van der Waals surface area contributed by atoms with Gasteiger partial charge in [-0.25, -0.2) is 0 Å². The molecule has 0 bridgehead atoms. The van der Waals surface area contributed by atoms with Gasteiger partial charge in [-0.15, -0.1) is 0 Å². The fourth-order valence-corrected chi connectivity index (χ4v) is 1.66. The van der Waals surface area contributed by atoms with Crippen LogP contribution in [0.2, 0.25) is 0 Å². The van der Waals surface area contributed by atoms with Gasteiger partial charge in [0.15, 0.2) is 0 Å². The number of aryl methyl sites for hydroxylation is 1. The molecule has 0 unspecified atom stereocenters. The molecule has 0 amide bonds. The van der Waals surface area contributed by atoms with Crippen molar-refractivity contribution in [1.29, 1.82) is 0 Å². The second-order valence-corrected chi connectivity index (χ2v) is 3.51. The van der Waals surface area contributed by atoms with Gasteiger partial charge in [0.2, 0.25) is 0 Å². The van der Waals surface area contributed by atoms with Crippen molar-refractivity contribution in [2.45, 2.75) is 13.0 Å². The summed E-state index contributed by atoms with van der Waals surface area (Å²) in [5.41, 5.74) is 2.51. The predicted octanol–water partition coefficient (Wildman–Crippen LogP) is 0.624. The quantitative estimate of drug-likeness (QED) is 0.660. The molecule has 0 spiro atoms. The molecule has 1 fully saturated rings. The third kappa shape index (κ3) is 2.05. The van der Waals surface area contributed by atoms with Gasteiger partial charge < -0.3 is 10.6 Å². The van der Waals surface area contributed by atoms with E-state index in [9.17, 15) is 0 Å². The Bertz CT molecular complexity index is 279. The zero-order chi connectivity index (χ0) is 9.10. The first-order valence-corrected chi connectivity index (χ1v) is 4.72. The minimum absolute atomic E-state index is 0.432. The summed E-state index contributed by atoms with van der Waals surface area (Å²) in [7, 11) is 0. The van der Waals surface area contributed by atoms with E-state index in [1.165, 1.54) is 11.1 Å². The van der Waals surface area contributed by atoms with E-state index in [0.717, 1.165) is 19.6 Å². The second-order valence-electron chi connectivity index (χ2n) is 3.51. The minimum atomic E-state index is 0.432. The molecule has 13 heavy (non-hydrogen) atoms. The van der Waals surface area contributed by atoms with Crippen LogP contribution in [0, 0.1) is 6.92 Å². The summed E-state index contributed by atoms with van der Waals surface area (Å²) in [6.45, 7) is 5.19. The lowest BCUT2D eigenvalue weighted by Gasteiger charge is -2.24. The molecule has 1 aliphatic heterocycles. The predicted molar refractivity (Wildman–Crippen MR) is 52.6 cm³/mol. The molecule has 3 heteroatoms. The number of nitrogens with one attached hydrogen (secondary N) is 2. The molecule has 2 rings (SSSR count). The largest absolute Gasteiger partial charge is 0.314 e. The number of pyridine rings is 1. The Hall–Kier alpha value is -0.930. The summed E-state index contributed by atoms with van der Waals surface area (Å²) in [5.74, 6) is 0. The lowest BCUT2D eigenvalue weighted by molar-refractivity contribution is 0.429. The van der Waals surface area contributed by atoms with Gasteiger partial charge in [0.25, 0.3) is 0 Å². The molecule has 0 radical (unpaired) electrons. The van der Waals surface area contributed by atoms with Crippen LogP contribution in [-0.4, -0.2) is 24.6 Å². The van der Waals surface area contributed by atoms with Gasteiger partial charge in [-0.05, 0) is 18.1 Å². The van der Waals surface area contributed by atoms with Gasteiger partial charge >= 0.3 is 0 Å². The highest BCUT2D eigenvalue weighted by atomic mass is 15.1. The molecule has 1 atom stereocenters. The van der Waals surface area contributed by atoms with Crippen molar-refractivity contribution >= 4 is 0 Å². The van der Waals surface area contributed by atoms with Crippen LogP contribution < -0.4 is 10.6 Å². The zero-order valence-corrected chi connectivity index (χ0v) is 7.88. The maximum Gasteiger partial charge on any atom is 0.0462 e. The number of hydrogen-bond acceptors (Lipinski definition) is 3. The van der Waals surface area contributed by atoms with Gasteiger partial charge in [0.1, 0.15) is 0 Å². The molecule has 2 heterocycles. The van der Waals surface area contributed by atoms with Crippen molar-refractivity contribution < 1.29 is 0 Å². The van der Waals surface area contributed by atoms with E-state index in [1.807, 2.05) is 12.4 Å². The number of aromatic nitrogens is 1. The lowest BCUT2D eigenvalue weighted by Crippen LogP contribution is -2.42. The van der Waals surface area contributed by atoms with Crippen molar-refractivity contribution in [3.63, 3.8) is 0 Å². The Morgan fingerprint density at radius 2 is 2.31 bits per heavy atom. The van der Waals surface area contributed by atoms with Gasteiger partial charge in [-0.3, -0.25) is 4.98 Å². The molecule has 1 aliphatic rings. The SMILES string of the molecule is Cc1cncc([C@@H]2CNCCN2)c1. The first-order chi connectivity index (χ1) is 6.36. The van der Waals surface area contributed by atoms with Gasteiger partial charge in [0, 0.05) is 38.1 Å². The average molecular weight is 177 g/mol. The highest BCUT2D eigenvalue weighted by Crippen LogP contribution is 2.13. The van der Waals surface area contributed by atoms with E-state index in [0.29, 0.717) is 6.04 Å². The Kier molecular flexibility index (Phi) is 2.57. The summed E-state index contributed by atoms with van der Waals surface area (Å²) in [6.07, 6.45) is 3.83. The molecule has 0 aliphatic carbocycles. The first kappa shape index (κ1) is 8.66. The van der Waals surface area contributed by atoms with Gasteiger partial charge in [-0.1, -0.05) is 6.07 Å². The highest BCUT2D eigenvalue weighted by Gasteiger charge is 2.13.